The van der Waals surface area contributed by atoms with E-state index in [2.05, 4.69) is 17.2 Å². The molecule has 6 heteroatoms. The molecule has 2 aromatic rings. The van der Waals surface area contributed by atoms with E-state index in [1.807, 2.05) is 0 Å². The van der Waals surface area contributed by atoms with Crippen LogP contribution in [0.5, 0.6) is 0 Å². The summed E-state index contributed by atoms with van der Waals surface area (Å²) in [5, 5.41) is 21.0. The molecule has 1 aromatic heterocycles. The third-order valence-corrected chi connectivity index (χ3v) is 3.45. The van der Waals surface area contributed by atoms with Gasteiger partial charge in [-0.3, -0.25) is 4.99 Å². The van der Waals surface area contributed by atoms with Crippen LogP contribution < -0.4 is 10.8 Å². The van der Waals surface area contributed by atoms with E-state index in [-0.39, 0.29) is 5.82 Å². The lowest BCUT2D eigenvalue weighted by atomic mass is 10.2. The molecule has 0 saturated heterocycles. The maximum absolute atomic E-state index is 12.9. The molecular weight excluding hydrogens is 297 g/mol. The Hall–Kier alpha value is -2.34. The summed E-state index contributed by atoms with van der Waals surface area (Å²) in [6.07, 6.45) is 3.93. The van der Waals surface area contributed by atoms with Crippen molar-refractivity contribution >= 4 is 5.69 Å². The number of anilines is 1. The van der Waals surface area contributed by atoms with Crippen molar-refractivity contribution in [1.82, 2.24) is 4.73 Å². The molecule has 23 heavy (non-hydrogen) atoms. The Labute approximate surface area is 134 Å². The van der Waals surface area contributed by atoms with Crippen molar-refractivity contribution in [2.24, 2.45) is 4.99 Å². The van der Waals surface area contributed by atoms with Gasteiger partial charge in [-0.25, -0.2) is 4.39 Å². The predicted molar refractivity (Wildman–Crippen MR) is 87.9 cm³/mol. The number of hydrogen-bond acceptors (Lipinski definition) is 3. The first-order chi connectivity index (χ1) is 11.1. The highest BCUT2D eigenvalue weighted by atomic mass is 19.1. The smallest absolute Gasteiger partial charge is 0.259 e. The number of nitrogens with one attached hydrogen (secondary N) is 1. The topological polar surface area (TPSA) is 72.5 Å². The van der Waals surface area contributed by atoms with Crippen LogP contribution in [0.15, 0.2) is 47.6 Å². The average molecular weight is 320 g/mol. The summed E-state index contributed by atoms with van der Waals surface area (Å²) in [5.41, 5.74) is 1.70. The lowest BCUT2D eigenvalue weighted by Gasteiger charge is -2.11. The molecule has 0 aliphatic heterocycles. The van der Waals surface area contributed by atoms with Crippen molar-refractivity contribution in [2.75, 3.05) is 11.9 Å². The molecule has 0 fully saturated rings. The largest absolute Gasteiger partial charge is 0.427 e. The van der Waals surface area contributed by atoms with Crippen molar-refractivity contribution in [3.8, 4) is 0 Å². The Bertz CT molecular complexity index is 683. The van der Waals surface area contributed by atoms with Gasteiger partial charge in [0.25, 0.3) is 6.23 Å². The zero-order valence-electron chi connectivity index (χ0n) is 13.2. The Balaban J connectivity index is 2.05. The zero-order valence-corrected chi connectivity index (χ0v) is 13.2. The molecule has 0 amide bonds. The number of rotatable bonds is 7. The molecule has 0 radical (unpaired) electrons. The van der Waals surface area contributed by atoms with Crippen molar-refractivity contribution in [1.29, 1.82) is 0 Å². The van der Waals surface area contributed by atoms with Crippen molar-refractivity contribution in [3.05, 3.63) is 59.5 Å². The first-order valence-electron chi connectivity index (χ1n) is 7.75. The lowest BCUT2D eigenvalue weighted by molar-refractivity contribution is 0.162. The van der Waals surface area contributed by atoms with Crippen LogP contribution in [0.25, 0.3) is 0 Å². The van der Waals surface area contributed by atoms with E-state index in [1.54, 1.807) is 24.3 Å². The number of halogens is 1. The van der Waals surface area contributed by atoms with Crippen LogP contribution in [0, 0.1) is 5.82 Å². The summed E-state index contributed by atoms with van der Waals surface area (Å²) in [7, 11) is 0. The predicted octanol–water partition coefficient (Wildman–Crippen LogP) is 2.79. The first-order valence-corrected chi connectivity index (χ1v) is 7.75. The number of hydrogen-bond donors (Lipinski definition) is 2. The molecule has 2 rings (SSSR count). The van der Waals surface area contributed by atoms with Gasteiger partial charge in [0.15, 0.2) is 5.49 Å². The average Bonchev–Trinajstić information content (AvgIpc) is 2.55. The van der Waals surface area contributed by atoms with E-state index in [4.69, 9.17) is 5.11 Å². The fourth-order valence-electron chi connectivity index (χ4n) is 2.14. The van der Waals surface area contributed by atoms with Crippen molar-refractivity contribution < 1.29 is 14.7 Å². The minimum atomic E-state index is -0.770. The third-order valence-electron chi connectivity index (χ3n) is 3.45. The van der Waals surface area contributed by atoms with Crippen molar-refractivity contribution in [2.45, 2.75) is 32.4 Å². The second kappa shape index (κ2) is 8.33. The minimum absolute atomic E-state index is 0.320. The molecule has 0 aliphatic rings. The summed E-state index contributed by atoms with van der Waals surface area (Å²) >= 11 is 0. The summed E-state index contributed by atoms with van der Waals surface area (Å²) in [6.45, 7) is 2.80. The van der Waals surface area contributed by atoms with Crippen molar-refractivity contribution in [3.63, 3.8) is 0 Å². The Morgan fingerprint density at radius 1 is 1.22 bits per heavy atom. The van der Waals surface area contributed by atoms with Gasteiger partial charge in [0.1, 0.15) is 5.82 Å². The van der Waals surface area contributed by atoms with E-state index >= 15 is 0 Å². The molecule has 0 bridgehead atoms. The molecule has 0 saturated carbocycles. The second-order valence-corrected chi connectivity index (χ2v) is 5.34. The molecule has 5 nitrogen and oxygen atoms in total. The molecule has 1 aromatic carbocycles. The summed E-state index contributed by atoms with van der Waals surface area (Å²) in [4.78, 5) is 4.33. The quantitative estimate of drug-likeness (QED) is 0.356. The highest BCUT2D eigenvalue weighted by Crippen LogP contribution is 2.16. The van der Waals surface area contributed by atoms with E-state index in [1.165, 1.54) is 18.3 Å². The Kier molecular flexibility index (Phi) is 6.17. The molecule has 1 unspecified atom stereocenters. The maximum Gasteiger partial charge on any atom is 0.259 e. The van der Waals surface area contributed by atoms with Gasteiger partial charge >= 0.3 is 0 Å². The second-order valence-electron chi connectivity index (χ2n) is 5.34. The van der Waals surface area contributed by atoms with Gasteiger partial charge in [0.05, 0.1) is 11.8 Å². The van der Waals surface area contributed by atoms with Crippen LogP contribution in [-0.2, 0) is 0 Å². The van der Waals surface area contributed by atoms with Crippen LogP contribution in [0.2, 0.25) is 0 Å². The molecule has 0 spiro atoms. The molecule has 1 heterocycles. The Morgan fingerprint density at radius 2 is 1.96 bits per heavy atom. The monoisotopic (exact) mass is 320 g/mol. The maximum atomic E-state index is 12.9. The van der Waals surface area contributed by atoms with Gasteiger partial charge in [-0.05, 0) is 42.8 Å². The van der Waals surface area contributed by atoms with Gasteiger partial charge in [-0.2, -0.15) is 4.73 Å². The van der Waals surface area contributed by atoms with Crippen LogP contribution in [-0.4, -0.2) is 21.6 Å². The minimum Gasteiger partial charge on any atom is -0.427 e. The standard InChI is InChI=1S/C17H22FN3O2/c1-2-3-4-11-19-16-10-5-13(12-21(16)23)17(22)20-15-8-6-14(18)7-9-15/h5-10,12,17,20,22-23H,2-4,11H2,1H3/p+1. The number of benzene rings is 1. The number of pyridine rings is 1. The lowest BCUT2D eigenvalue weighted by Crippen LogP contribution is -2.21. The summed E-state index contributed by atoms with van der Waals surface area (Å²) in [6, 6.07) is 9.25. The van der Waals surface area contributed by atoms with Crippen LogP contribution in [0.1, 0.15) is 38.0 Å². The van der Waals surface area contributed by atoms with E-state index in [0.29, 0.717) is 23.3 Å². The van der Waals surface area contributed by atoms with Crippen LogP contribution >= 0.6 is 0 Å². The molecule has 1 atom stereocenters. The highest BCUT2D eigenvalue weighted by molar-refractivity contribution is 5.44. The highest BCUT2D eigenvalue weighted by Gasteiger charge is 2.12. The summed E-state index contributed by atoms with van der Waals surface area (Å²) in [5.74, 6) is -0.320. The zero-order chi connectivity index (χ0) is 16.7. The molecule has 0 aliphatic carbocycles. The first kappa shape index (κ1) is 17.0. The van der Waals surface area contributed by atoms with Gasteiger partial charge in [0.2, 0.25) is 0 Å². The number of nitrogens with zero attached hydrogens (tertiary/aromatic N) is 2. The van der Waals surface area contributed by atoms with E-state index in [0.717, 1.165) is 24.0 Å². The molecule has 4 N–H and O–H groups in total. The van der Waals surface area contributed by atoms with Gasteiger partial charge < -0.3 is 15.6 Å². The molecular formula is C17H23FN3O2+. The third kappa shape index (κ3) is 5.10. The Morgan fingerprint density at radius 3 is 2.61 bits per heavy atom. The van der Waals surface area contributed by atoms with E-state index in [9.17, 15) is 9.60 Å². The fourth-order valence-corrected chi connectivity index (χ4v) is 2.14. The normalized spacial score (nSPS) is 13.1. The van der Waals surface area contributed by atoms with Gasteiger partial charge in [-0.1, -0.05) is 19.8 Å². The van der Waals surface area contributed by atoms with Crippen LogP contribution in [0.3, 0.4) is 0 Å². The number of unbranched alkanes of at least 4 members (excludes halogenated alkanes) is 2. The SMILES string of the molecule is CCCCCN=c1ccc(C([OH2+])Nc2ccc(F)cc2)cn1O. The summed E-state index contributed by atoms with van der Waals surface area (Å²) < 4.78 is 13.8. The molecule has 124 valence electrons. The van der Waals surface area contributed by atoms with Gasteiger partial charge in [-0.15, -0.1) is 0 Å². The van der Waals surface area contributed by atoms with Crippen LogP contribution in [0.4, 0.5) is 10.1 Å². The van der Waals surface area contributed by atoms with Gasteiger partial charge in [0, 0.05) is 12.2 Å². The van der Waals surface area contributed by atoms with E-state index < -0.39 is 6.23 Å². The fraction of sp³-hybridized carbons (Fsp3) is 0.353. The number of aromatic nitrogens is 1.